The molecule has 3 rings (SSSR count). The van der Waals surface area contributed by atoms with Crippen LogP contribution >= 0.6 is 0 Å². The Morgan fingerprint density at radius 3 is 2.67 bits per heavy atom. The Hall–Kier alpha value is -1.76. The summed E-state index contributed by atoms with van der Waals surface area (Å²) in [5.74, 6) is 1.08. The molecule has 21 heavy (non-hydrogen) atoms. The number of benzene rings is 1. The lowest BCUT2D eigenvalue weighted by molar-refractivity contribution is -0.141. The number of para-hydroxylation sites is 2. The van der Waals surface area contributed by atoms with Crippen LogP contribution in [0.4, 0.5) is 0 Å². The summed E-state index contributed by atoms with van der Waals surface area (Å²) in [5.41, 5.74) is 0. The van der Waals surface area contributed by atoms with Gasteiger partial charge in [-0.2, -0.15) is 0 Å². The van der Waals surface area contributed by atoms with Gasteiger partial charge in [-0.15, -0.1) is 0 Å². The molecule has 1 saturated heterocycles. The Labute approximate surface area is 123 Å². The molecule has 0 unspecified atom stereocenters. The third kappa shape index (κ3) is 2.83. The van der Waals surface area contributed by atoms with Gasteiger partial charge in [-0.05, 0) is 18.6 Å². The standard InChI is InChI=1S/C14H17NO5S/c1-15(10-6-7-21(17,18)9-10)14(16)13-8-19-11-4-2-3-5-12(11)20-13/h2-5,10,13H,6-9H2,1H3/t10-,13+/m1/s1. The van der Waals surface area contributed by atoms with E-state index in [1.807, 2.05) is 12.1 Å². The quantitative estimate of drug-likeness (QED) is 0.794. The summed E-state index contributed by atoms with van der Waals surface area (Å²) in [6, 6.07) is 6.89. The minimum absolute atomic E-state index is 0.0272. The number of ether oxygens (including phenoxy) is 2. The van der Waals surface area contributed by atoms with E-state index in [0.717, 1.165) is 0 Å². The molecular weight excluding hydrogens is 294 g/mol. The zero-order chi connectivity index (χ0) is 15.0. The van der Waals surface area contributed by atoms with E-state index in [1.165, 1.54) is 4.90 Å². The number of amides is 1. The highest BCUT2D eigenvalue weighted by atomic mass is 32.2. The van der Waals surface area contributed by atoms with Crippen LogP contribution in [0.3, 0.4) is 0 Å². The van der Waals surface area contributed by atoms with Crippen LogP contribution in [0.15, 0.2) is 24.3 Å². The van der Waals surface area contributed by atoms with Crippen LogP contribution in [0.1, 0.15) is 6.42 Å². The average Bonchev–Trinajstić information content (AvgIpc) is 2.85. The van der Waals surface area contributed by atoms with Gasteiger partial charge in [0, 0.05) is 13.1 Å². The second-order valence-corrected chi connectivity index (χ2v) is 7.60. The Morgan fingerprint density at radius 2 is 2.00 bits per heavy atom. The van der Waals surface area contributed by atoms with Gasteiger partial charge in [0.25, 0.3) is 5.91 Å². The molecular formula is C14H17NO5S. The van der Waals surface area contributed by atoms with E-state index in [-0.39, 0.29) is 30.1 Å². The van der Waals surface area contributed by atoms with E-state index in [0.29, 0.717) is 17.9 Å². The van der Waals surface area contributed by atoms with E-state index in [9.17, 15) is 13.2 Å². The number of carbonyl (C=O) groups is 1. The molecule has 2 aliphatic heterocycles. The maximum atomic E-state index is 12.4. The van der Waals surface area contributed by atoms with E-state index in [2.05, 4.69) is 0 Å². The summed E-state index contributed by atoms with van der Waals surface area (Å²) in [7, 11) is -1.40. The van der Waals surface area contributed by atoms with Crippen molar-refractivity contribution < 1.29 is 22.7 Å². The third-order valence-electron chi connectivity index (χ3n) is 3.89. The summed E-state index contributed by atoms with van der Waals surface area (Å²) < 4.78 is 34.2. The molecule has 2 heterocycles. The molecule has 6 nitrogen and oxygen atoms in total. The van der Waals surface area contributed by atoms with Gasteiger partial charge in [0.2, 0.25) is 6.10 Å². The topological polar surface area (TPSA) is 72.9 Å². The molecule has 1 amide bonds. The predicted octanol–water partition coefficient (Wildman–Crippen LogP) is 0.472. The van der Waals surface area contributed by atoms with Gasteiger partial charge in [0.05, 0.1) is 11.5 Å². The molecule has 0 saturated carbocycles. The summed E-state index contributed by atoms with van der Waals surface area (Å²) in [6.45, 7) is 0.139. The van der Waals surface area contributed by atoms with E-state index >= 15 is 0 Å². The second-order valence-electron chi connectivity index (χ2n) is 5.37. The van der Waals surface area contributed by atoms with Gasteiger partial charge in [-0.1, -0.05) is 12.1 Å². The minimum Gasteiger partial charge on any atom is -0.485 e. The number of hydrogen-bond donors (Lipinski definition) is 0. The highest BCUT2D eigenvalue weighted by molar-refractivity contribution is 7.91. The fraction of sp³-hybridized carbons (Fsp3) is 0.500. The van der Waals surface area contributed by atoms with Crippen LogP contribution in [0.2, 0.25) is 0 Å². The zero-order valence-corrected chi connectivity index (χ0v) is 12.5. The van der Waals surface area contributed by atoms with Crippen molar-refractivity contribution in [3.63, 3.8) is 0 Å². The van der Waals surface area contributed by atoms with Crippen molar-refractivity contribution in [2.45, 2.75) is 18.6 Å². The first kappa shape index (κ1) is 14.2. The Bertz CT molecular complexity index is 657. The fourth-order valence-corrected chi connectivity index (χ4v) is 4.40. The number of fused-ring (bicyclic) bond motifs is 1. The number of nitrogens with zero attached hydrogens (tertiary/aromatic N) is 1. The molecule has 2 aliphatic rings. The zero-order valence-electron chi connectivity index (χ0n) is 11.7. The van der Waals surface area contributed by atoms with Crippen LogP contribution in [0.5, 0.6) is 11.5 Å². The maximum Gasteiger partial charge on any atom is 0.267 e. The largest absolute Gasteiger partial charge is 0.485 e. The predicted molar refractivity (Wildman–Crippen MR) is 76.2 cm³/mol. The third-order valence-corrected chi connectivity index (χ3v) is 5.64. The summed E-state index contributed by atoms with van der Waals surface area (Å²) in [5, 5.41) is 0. The average molecular weight is 311 g/mol. The minimum atomic E-state index is -3.02. The molecule has 0 bridgehead atoms. The van der Waals surface area contributed by atoms with Gasteiger partial charge < -0.3 is 14.4 Å². The smallest absolute Gasteiger partial charge is 0.267 e. The molecule has 1 fully saturated rings. The first-order chi connectivity index (χ1) is 9.96. The molecule has 0 N–H and O–H groups in total. The van der Waals surface area contributed by atoms with Crippen molar-refractivity contribution in [3.05, 3.63) is 24.3 Å². The molecule has 0 aliphatic carbocycles. The number of likely N-dealkylation sites (N-methyl/N-ethyl adjacent to an activating group) is 1. The lowest BCUT2D eigenvalue weighted by atomic mass is 10.2. The van der Waals surface area contributed by atoms with Crippen molar-refractivity contribution in [1.29, 1.82) is 0 Å². The summed E-state index contributed by atoms with van der Waals surface area (Å²) >= 11 is 0. The van der Waals surface area contributed by atoms with Crippen LogP contribution < -0.4 is 9.47 Å². The van der Waals surface area contributed by atoms with Crippen LogP contribution in [0.25, 0.3) is 0 Å². The monoisotopic (exact) mass is 311 g/mol. The molecule has 1 aromatic rings. The normalized spacial score (nSPS) is 26.3. The van der Waals surface area contributed by atoms with Crippen LogP contribution in [-0.2, 0) is 14.6 Å². The summed E-state index contributed by atoms with van der Waals surface area (Å²) in [4.78, 5) is 13.9. The molecule has 0 spiro atoms. The Balaban J connectivity index is 1.69. The number of carbonyl (C=O) groups excluding carboxylic acids is 1. The van der Waals surface area contributed by atoms with E-state index in [4.69, 9.17) is 9.47 Å². The van der Waals surface area contributed by atoms with Gasteiger partial charge in [-0.25, -0.2) is 8.42 Å². The van der Waals surface area contributed by atoms with Gasteiger partial charge in [0.1, 0.15) is 6.61 Å². The molecule has 0 radical (unpaired) electrons. The van der Waals surface area contributed by atoms with Crippen molar-refractivity contribution in [3.8, 4) is 11.5 Å². The van der Waals surface area contributed by atoms with Crippen LogP contribution in [0, 0.1) is 0 Å². The number of sulfone groups is 1. The SMILES string of the molecule is CN(C(=O)[C@@H]1COc2ccccc2O1)[C@@H]1CCS(=O)(=O)C1. The first-order valence-corrected chi connectivity index (χ1v) is 8.64. The van der Waals surface area contributed by atoms with Crippen molar-refractivity contribution in [2.24, 2.45) is 0 Å². The molecule has 7 heteroatoms. The van der Waals surface area contributed by atoms with Gasteiger partial charge >= 0.3 is 0 Å². The number of hydrogen-bond acceptors (Lipinski definition) is 5. The number of rotatable bonds is 2. The van der Waals surface area contributed by atoms with Crippen LogP contribution in [-0.4, -0.2) is 56.5 Å². The highest BCUT2D eigenvalue weighted by Crippen LogP contribution is 2.31. The molecule has 114 valence electrons. The van der Waals surface area contributed by atoms with Gasteiger partial charge in [-0.3, -0.25) is 4.79 Å². The Morgan fingerprint density at radius 1 is 1.29 bits per heavy atom. The van der Waals surface area contributed by atoms with Crippen molar-refractivity contribution >= 4 is 15.7 Å². The van der Waals surface area contributed by atoms with Gasteiger partial charge in [0.15, 0.2) is 21.3 Å². The lowest BCUT2D eigenvalue weighted by Gasteiger charge is -2.31. The van der Waals surface area contributed by atoms with E-state index < -0.39 is 15.9 Å². The highest BCUT2D eigenvalue weighted by Gasteiger charge is 2.37. The molecule has 1 aromatic carbocycles. The second kappa shape index (κ2) is 5.22. The molecule has 0 aromatic heterocycles. The first-order valence-electron chi connectivity index (χ1n) is 6.82. The van der Waals surface area contributed by atoms with Crippen molar-refractivity contribution in [2.75, 3.05) is 25.2 Å². The van der Waals surface area contributed by atoms with E-state index in [1.54, 1.807) is 19.2 Å². The fourth-order valence-electron chi connectivity index (χ4n) is 2.63. The Kier molecular flexibility index (Phi) is 3.52. The lowest BCUT2D eigenvalue weighted by Crippen LogP contribution is -2.48. The van der Waals surface area contributed by atoms with Crippen molar-refractivity contribution in [1.82, 2.24) is 4.90 Å². The summed E-state index contributed by atoms with van der Waals surface area (Å²) in [6.07, 6.45) is -0.248. The molecule has 2 atom stereocenters. The maximum absolute atomic E-state index is 12.4.